The number of halogens is 1. The molecule has 94 valence electrons. The molecule has 1 N–H and O–H groups in total. The van der Waals surface area contributed by atoms with Gasteiger partial charge in [0, 0.05) is 12.3 Å². The Balaban J connectivity index is 2.95. The lowest BCUT2D eigenvalue weighted by atomic mass is 10.2. The Hall–Kier alpha value is -1.21. The number of sulfone groups is 1. The lowest BCUT2D eigenvalue weighted by molar-refractivity contribution is -0.117. The molecule has 0 saturated carbocycles. The second-order valence-electron chi connectivity index (χ2n) is 3.96. The molecule has 0 atom stereocenters. The normalized spacial score (nSPS) is 12.2. The van der Waals surface area contributed by atoms with Gasteiger partial charge < -0.3 is 5.32 Å². The van der Waals surface area contributed by atoms with Crippen LogP contribution in [0.2, 0.25) is 5.15 Å². The second kappa shape index (κ2) is 4.58. The number of carbonyl (C=O) groups is 1. The summed E-state index contributed by atoms with van der Waals surface area (Å²) < 4.78 is 21.3. The fraction of sp³-hybridized carbons (Fsp3) is 0.444. The summed E-state index contributed by atoms with van der Waals surface area (Å²) in [4.78, 5) is 19.2. The first-order valence-corrected chi connectivity index (χ1v) is 6.90. The van der Waals surface area contributed by atoms with Crippen LogP contribution in [-0.4, -0.2) is 35.3 Å². The maximum atomic E-state index is 11.8. The van der Waals surface area contributed by atoms with Gasteiger partial charge in [0.2, 0.25) is 5.91 Å². The van der Waals surface area contributed by atoms with Gasteiger partial charge in [0.05, 0.1) is 0 Å². The number of hydrogen-bond donors (Lipinski definition) is 1. The predicted octanol–water partition coefficient (Wildman–Crippen LogP) is 0.892. The van der Waals surface area contributed by atoms with Gasteiger partial charge in [0.15, 0.2) is 9.84 Å². The molecular formula is C9H12ClN3O3S. The number of nitrogens with zero attached hydrogens (tertiary/aromatic N) is 2. The van der Waals surface area contributed by atoms with Crippen LogP contribution in [-0.2, 0) is 14.6 Å². The van der Waals surface area contributed by atoms with Gasteiger partial charge in [-0.1, -0.05) is 11.6 Å². The van der Waals surface area contributed by atoms with Crippen LogP contribution in [0.15, 0.2) is 12.4 Å². The van der Waals surface area contributed by atoms with E-state index in [1.54, 1.807) is 0 Å². The molecule has 0 bridgehead atoms. The van der Waals surface area contributed by atoms with Crippen LogP contribution in [0, 0.1) is 0 Å². The van der Waals surface area contributed by atoms with Crippen molar-refractivity contribution in [1.29, 1.82) is 0 Å². The summed E-state index contributed by atoms with van der Waals surface area (Å²) in [6, 6.07) is 1.33. The predicted molar refractivity (Wildman–Crippen MR) is 64.6 cm³/mol. The molecule has 0 spiro atoms. The van der Waals surface area contributed by atoms with Crippen LogP contribution in [0.25, 0.3) is 0 Å². The summed E-state index contributed by atoms with van der Waals surface area (Å²) in [5.41, 5.74) is 0. The van der Waals surface area contributed by atoms with Crippen molar-refractivity contribution in [3.63, 3.8) is 0 Å². The van der Waals surface area contributed by atoms with Crippen LogP contribution < -0.4 is 5.32 Å². The zero-order valence-electron chi connectivity index (χ0n) is 9.56. The molecule has 1 aromatic heterocycles. The molecule has 0 aromatic carbocycles. The number of nitrogens with one attached hydrogen (secondary N) is 1. The van der Waals surface area contributed by atoms with E-state index in [4.69, 9.17) is 11.6 Å². The van der Waals surface area contributed by atoms with Crippen molar-refractivity contribution in [3.8, 4) is 0 Å². The Morgan fingerprint density at radius 1 is 1.41 bits per heavy atom. The molecule has 8 heteroatoms. The maximum Gasteiger partial charge on any atom is 0.246 e. The minimum atomic E-state index is -3.52. The molecule has 0 aliphatic carbocycles. The molecule has 0 aliphatic heterocycles. The molecule has 1 aromatic rings. The molecule has 0 radical (unpaired) electrons. The highest BCUT2D eigenvalue weighted by molar-refractivity contribution is 7.92. The van der Waals surface area contributed by atoms with E-state index in [2.05, 4.69) is 15.3 Å². The highest BCUT2D eigenvalue weighted by Gasteiger charge is 2.38. The summed E-state index contributed by atoms with van der Waals surface area (Å²) in [5.74, 6) is -0.513. The van der Waals surface area contributed by atoms with E-state index in [9.17, 15) is 13.2 Å². The number of hydrogen-bond acceptors (Lipinski definition) is 5. The van der Waals surface area contributed by atoms with Crippen molar-refractivity contribution >= 4 is 33.2 Å². The molecule has 6 nitrogen and oxygen atoms in total. The largest absolute Gasteiger partial charge is 0.309 e. The number of anilines is 1. The smallest absolute Gasteiger partial charge is 0.246 e. The van der Waals surface area contributed by atoms with Crippen LogP contribution in [0.1, 0.15) is 13.8 Å². The third-order valence-electron chi connectivity index (χ3n) is 2.35. The Bertz CT molecular complexity index is 542. The van der Waals surface area contributed by atoms with Gasteiger partial charge in [-0.2, -0.15) is 0 Å². The van der Waals surface area contributed by atoms with E-state index in [0.29, 0.717) is 0 Å². The highest BCUT2D eigenvalue weighted by Crippen LogP contribution is 2.18. The molecule has 0 saturated heterocycles. The fourth-order valence-corrected chi connectivity index (χ4v) is 1.37. The monoisotopic (exact) mass is 277 g/mol. The number of aromatic nitrogens is 2. The zero-order valence-corrected chi connectivity index (χ0v) is 11.1. The van der Waals surface area contributed by atoms with Gasteiger partial charge in [-0.3, -0.25) is 4.79 Å². The standard InChI is InChI=1S/C9H12ClN3O3S/c1-9(2,17(3,15)16)8(14)13-7-4-6(10)11-5-12-7/h4-5H,1-3H3,(H,11,12,13,14). The van der Waals surface area contributed by atoms with Crippen molar-refractivity contribution in [2.24, 2.45) is 0 Å². The first kappa shape index (κ1) is 13.9. The van der Waals surface area contributed by atoms with Crippen molar-refractivity contribution in [2.45, 2.75) is 18.6 Å². The van der Waals surface area contributed by atoms with E-state index < -0.39 is 20.5 Å². The minimum Gasteiger partial charge on any atom is -0.309 e. The average Bonchev–Trinajstić information content (AvgIpc) is 2.15. The summed E-state index contributed by atoms with van der Waals surface area (Å²) >= 11 is 5.61. The quantitative estimate of drug-likeness (QED) is 0.829. The zero-order chi connectivity index (χ0) is 13.3. The van der Waals surface area contributed by atoms with Gasteiger partial charge in [-0.15, -0.1) is 0 Å². The van der Waals surface area contributed by atoms with E-state index in [-0.39, 0.29) is 11.0 Å². The molecular weight excluding hydrogens is 266 g/mol. The number of carbonyl (C=O) groups excluding carboxylic acids is 1. The van der Waals surface area contributed by atoms with E-state index in [0.717, 1.165) is 6.26 Å². The molecule has 17 heavy (non-hydrogen) atoms. The molecule has 1 heterocycles. The topological polar surface area (TPSA) is 89.0 Å². The summed E-state index contributed by atoms with van der Waals surface area (Å²) in [5, 5.41) is 2.54. The summed E-state index contributed by atoms with van der Waals surface area (Å²) in [6.45, 7) is 2.64. The van der Waals surface area contributed by atoms with Crippen LogP contribution >= 0.6 is 11.6 Å². The van der Waals surface area contributed by atoms with Gasteiger partial charge in [-0.25, -0.2) is 18.4 Å². The Kier molecular flexibility index (Phi) is 3.73. The second-order valence-corrected chi connectivity index (χ2v) is 6.91. The van der Waals surface area contributed by atoms with Crippen LogP contribution in [0.5, 0.6) is 0 Å². The van der Waals surface area contributed by atoms with Crippen molar-refractivity contribution < 1.29 is 13.2 Å². The average molecular weight is 278 g/mol. The number of rotatable bonds is 3. The third-order valence-corrected chi connectivity index (χ3v) is 4.60. The van der Waals surface area contributed by atoms with Gasteiger partial charge in [0.1, 0.15) is 22.0 Å². The lowest BCUT2D eigenvalue weighted by Crippen LogP contribution is -2.44. The number of amides is 1. The van der Waals surface area contributed by atoms with E-state index in [1.165, 1.54) is 26.2 Å². The van der Waals surface area contributed by atoms with Gasteiger partial charge in [0.25, 0.3) is 0 Å². The minimum absolute atomic E-state index is 0.159. The first-order chi connectivity index (χ1) is 7.64. The third kappa shape index (κ3) is 3.13. The Labute approximate surface area is 104 Å². The fourth-order valence-electron chi connectivity index (χ4n) is 0.837. The Morgan fingerprint density at radius 2 is 2.00 bits per heavy atom. The maximum absolute atomic E-state index is 11.8. The van der Waals surface area contributed by atoms with Crippen molar-refractivity contribution in [3.05, 3.63) is 17.5 Å². The molecule has 1 amide bonds. The SMILES string of the molecule is CC(C)(C(=O)Nc1cc(Cl)ncn1)S(C)(=O)=O. The van der Waals surface area contributed by atoms with Crippen molar-refractivity contribution in [1.82, 2.24) is 9.97 Å². The van der Waals surface area contributed by atoms with E-state index >= 15 is 0 Å². The first-order valence-electron chi connectivity index (χ1n) is 4.63. The lowest BCUT2D eigenvalue weighted by Gasteiger charge is -2.20. The van der Waals surface area contributed by atoms with Crippen molar-refractivity contribution in [2.75, 3.05) is 11.6 Å². The molecule has 0 aliphatic rings. The van der Waals surface area contributed by atoms with Gasteiger partial charge in [-0.05, 0) is 13.8 Å². The van der Waals surface area contributed by atoms with Gasteiger partial charge >= 0.3 is 0 Å². The molecule has 1 rings (SSSR count). The summed E-state index contributed by atoms with van der Waals surface area (Å²) in [6.07, 6.45) is 2.17. The highest BCUT2D eigenvalue weighted by atomic mass is 35.5. The molecule has 0 fully saturated rings. The van der Waals surface area contributed by atoms with Crippen LogP contribution in [0.4, 0.5) is 5.82 Å². The molecule has 0 unspecified atom stereocenters. The Morgan fingerprint density at radius 3 is 2.47 bits per heavy atom. The van der Waals surface area contributed by atoms with E-state index in [1.807, 2.05) is 0 Å². The van der Waals surface area contributed by atoms with Crippen LogP contribution in [0.3, 0.4) is 0 Å². The summed E-state index contributed by atoms with van der Waals surface area (Å²) in [7, 11) is -3.52.